The predicted molar refractivity (Wildman–Crippen MR) is 69.0 cm³/mol. The Bertz CT molecular complexity index is 463. The van der Waals surface area contributed by atoms with E-state index in [9.17, 15) is 18.0 Å². The number of hydrogen-bond acceptors (Lipinski definition) is 3. The predicted octanol–water partition coefficient (Wildman–Crippen LogP) is 3.47. The first-order valence-corrected chi connectivity index (χ1v) is 6.28. The zero-order chi connectivity index (χ0) is 14.6. The third kappa shape index (κ3) is 4.41. The third-order valence-corrected chi connectivity index (χ3v) is 2.99. The Morgan fingerprint density at radius 3 is 2.53 bits per heavy atom. The highest BCUT2D eigenvalue weighted by Gasteiger charge is 2.31. The Balaban J connectivity index is 2.87. The number of alkyl halides is 3. The van der Waals surface area contributed by atoms with Crippen molar-refractivity contribution < 1.29 is 22.7 Å². The van der Waals surface area contributed by atoms with Gasteiger partial charge in [-0.25, -0.2) is 0 Å². The van der Waals surface area contributed by atoms with E-state index >= 15 is 0 Å². The van der Waals surface area contributed by atoms with Crippen molar-refractivity contribution in [1.29, 1.82) is 0 Å². The SMILES string of the molecule is CCOC(=O)CN(C)c1ccc(C(F)(F)F)cc1Br. The summed E-state index contributed by atoms with van der Waals surface area (Å²) >= 11 is 3.08. The number of esters is 1. The lowest BCUT2D eigenvalue weighted by atomic mass is 10.2. The molecule has 19 heavy (non-hydrogen) atoms. The fourth-order valence-corrected chi connectivity index (χ4v) is 2.16. The van der Waals surface area contributed by atoms with E-state index in [0.29, 0.717) is 5.69 Å². The van der Waals surface area contributed by atoms with Crippen LogP contribution < -0.4 is 4.90 Å². The molecule has 0 atom stereocenters. The van der Waals surface area contributed by atoms with Gasteiger partial charge in [0.2, 0.25) is 0 Å². The van der Waals surface area contributed by atoms with E-state index in [1.165, 1.54) is 11.0 Å². The summed E-state index contributed by atoms with van der Waals surface area (Å²) in [7, 11) is 1.60. The van der Waals surface area contributed by atoms with E-state index in [1.54, 1.807) is 14.0 Å². The minimum atomic E-state index is -4.39. The Morgan fingerprint density at radius 2 is 2.05 bits per heavy atom. The molecule has 0 aliphatic heterocycles. The lowest BCUT2D eigenvalue weighted by Gasteiger charge is -2.20. The van der Waals surface area contributed by atoms with E-state index in [-0.39, 0.29) is 17.6 Å². The Labute approximate surface area is 117 Å². The zero-order valence-corrected chi connectivity index (χ0v) is 12.0. The van der Waals surface area contributed by atoms with Crippen molar-refractivity contribution in [2.45, 2.75) is 13.1 Å². The van der Waals surface area contributed by atoms with Crippen LogP contribution in [0.15, 0.2) is 22.7 Å². The van der Waals surface area contributed by atoms with E-state index in [4.69, 9.17) is 4.74 Å². The molecule has 0 unspecified atom stereocenters. The maximum Gasteiger partial charge on any atom is 0.416 e. The normalized spacial score (nSPS) is 11.3. The van der Waals surface area contributed by atoms with Crippen LogP contribution in [0.4, 0.5) is 18.9 Å². The van der Waals surface area contributed by atoms with Crippen molar-refractivity contribution in [3.05, 3.63) is 28.2 Å². The van der Waals surface area contributed by atoms with Crippen LogP contribution in [-0.4, -0.2) is 26.2 Å². The molecule has 106 valence electrons. The van der Waals surface area contributed by atoms with Crippen LogP contribution in [0.3, 0.4) is 0 Å². The summed E-state index contributed by atoms with van der Waals surface area (Å²) in [6, 6.07) is 3.27. The summed E-state index contributed by atoms with van der Waals surface area (Å²) in [5.74, 6) is -0.434. The molecule has 0 bridgehead atoms. The number of hydrogen-bond donors (Lipinski definition) is 0. The summed E-state index contributed by atoms with van der Waals surface area (Å²) in [6.45, 7) is 1.92. The third-order valence-electron chi connectivity index (χ3n) is 2.36. The second kappa shape index (κ2) is 6.27. The summed E-state index contributed by atoms with van der Waals surface area (Å²) < 4.78 is 42.6. The molecule has 3 nitrogen and oxygen atoms in total. The minimum Gasteiger partial charge on any atom is -0.465 e. The average Bonchev–Trinajstić information content (AvgIpc) is 2.27. The molecule has 7 heteroatoms. The fraction of sp³-hybridized carbons (Fsp3) is 0.417. The van der Waals surface area contributed by atoms with Gasteiger partial charge in [-0.15, -0.1) is 0 Å². The Morgan fingerprint density at radius 1 is 1.42 bits per heavy atom. The lowest BCUT2D eigenvalue weighted by Crippen LogP contribution is -2.27. The van der Waals surface area contributed by atoms with Crippen LogP contribution in [-0.2, 0) is 15.7 Å². The molecule has 0 N–H and O–H groups in total. The Hall–Kier alpha value is -1.24. The van der Waals surface area contributed by atoms with Gasteiger partial charge in [0, 0.05) is 11.5 Å². The quantitative estimate of drug-likeness (QED) is 0.786. The molecular weight excluding hydrogens is 327 g/mol. The van der Waals surface area contributed by atoms with Crippen molar-refractivity contribution in [1.82, 2.24) is 0 Å². The van der Waals surface area contributed by atoms with Crippen LogP contribution >= 0.6 is 15.9 Å². The van der Waals surface area contributed by atoms with Gasteiger partial charge < -0.3 is 9.64 Å². The largest absolute Gasteiger partial charge is 0.465 e. The first-order valence-electron chi connectivity index (χ1n) is 5.49. The van der Waals surface area contributed by atoms with Crippen LogP contribution in [0.25, 0.3) is 0 Å². The highest BCUT2D eigenvalue weighted by Crippen LogP contribution is 2.34. The molecule has 1 aromatic rings. The second-order valence-electron chi connectivity index (χ2n) is 3.83. The minimum absolute atomic E-state index is 0.0300. The fourth-order valence-electron chi connectivity index (χ4n) is 1.48. The standard InChI is InChI=1S/C12H13BrF3NO2/c1-3-19-11(18)7-17(2)10-5-4-8(6-9(10)13)12(14,15)16/h4-6H,3,7H2,1-2H3. The van der Waals surface area contributed by atoms with Crippen molar-refractivity contribution in [3.8, 4) is 0 Å². The summed E-state index contributed by atoms with van der Waals surface area (Å²) in [6.07, 6.45) is -4.39. The molecular formula is C12H13BrF3NO2. The molecule has 0 radical (unpaired) electrons. The van der Waals surface area contributed by atoms with Crippen LogP contribution in [0.5, 0.6) is 0 Å². The molecule has 0 fully saturated rings. The average molecular weight is 340 g/mol. The number of benzene rings is 1. The molecule has 0 aliphatic carbocycles. The van der Waals surface area contributed by atoms with Gasteiger partial charge in [-0.05, 0) is 41.1 Å². The van der Waals surface area contributed by atoms with Gasteiger partial charge in [-0.1, -0.05) is 0 Å². The molecule has 0 heterocycles. The number of anilines is 1. The molecule has 0 saturated heterocycles. The number of carbonyl (C=O) groups excluding carboxylic acids is 1. The highest BCUT2D eigenvalue weighted by molar-refractivity contribution is 9.10. The smallest absolute Gasteiger partial charge is 0.416 e. The zero-order valence-electron chi connectivity index (χ0n) is 10.4. The lowest BCUT2D eigenvalue weighted by molar-refractivity contribution is -0.141. The van der Waals surface area contributed by atoms with Crippen LogP contribution in [0.1, 0.15) is 12.5 Å². The van der Waals surface area contributed by atoms with Crippen LogP contribution in [0.2, 0.25) is 0 Å². The van der Waals surface area contributed by atoms with Gasteiger partial charge in [-0.3, -0.25) is 4.79 Å². The van der Waals surface area contributed by atoms with Gasteiger partial charge in [-0.2, -0.15) is 13.2 Å². The first-order chi connectivity index (χ1) is 8.75. The van der Waals surface area contributed by atoms with E-state index in [0.717, 1.165) is 12.1 Å². The molecule has 0 spiro atoms. The molecule has 0 aliphatic rings. The van der Waals surface area contributed by atoms with Crippen molar-refractivity contribution in [3.63, 3.8) is 0 Å². The number of ether oxygens (including phenoxy) is 1. The van der Waals surface area contributed by atoms with Crippen molar-refractivity contribution >= 4 is 27.6 Å². The number of carbonyl (C=O) groups is 1. The van der Waals surface area contributed by atoms with Crippen molar-refractivity contribution in [2.75, 3.05) is 25.1 Å². The van der Waals surface area contributed by atoms with Gasteiger partial charge in [0.15, 0.2) is 0 Å². The summed E-state index contributed by atoms with van der Waals surface area (Å²) in [4.78, 5) is 12.8. The maximum atomic E-state index is 12.5. The van der Waals surface area contributed by atoms with Gasteiger partial charge in [0.05, 0.1) is 17.9 Å². The molecule has 1 rings (SSSR count). The molecule has 0 saturated carbocycles. The number of rotatable bonds is 4. The van der Waals surface area contributed by atoms with Crippen molar-refractivity contribution in [2.24, 2.45) is 0 Å². The monoisotopic (exact) mass is 339 g/mol. The second-order valence-corrected chi connectivity index (χ2v) is 4.68. The maximum absolute atomic E-state index is 12.5. The van der Waals surface area contributed by atoms with E-state index < -0.39 is 17.7 Å². The summed E-state index contributed by atoms with van der Waals surface area (Å²) in [5, 5.41) is 0. The van der Waals surface area contributed by atoms with Gasteiger partial charge >= 0.3 is 12.1 Å². The number of likely N-dealkylation sites (N-methyl/N-ethyl adjacent to an activating group) is 1. The van der Waals surface area contributed by atoms with Gasteiger partial charge in [0.25, 0.3) is 0 Å². The Kier molecular flexibility index (Phi) is 5.22. The topological polar surface area (TPSA) is 29.5 Å². The summed E-state index contributed by atoms with van der Waals surface area (Å²) in [5.41, 5.74) is -0.256. The molecule has 0 amide bonds. The van der Waals surface area contributed by atoms with Crippen LogP contribution in [0, 0.1) is 0 Å². The van der Waals surface area contributed by atoms with Gasteiger partial charge in [0.1, 0.15) is 6.54 Å². The number of halogens is 4. The number of nitrogens with zero attached hydrogens (tertiary/aromatic N) is 1. The first kappa shape index (κ1) is 15.8. The van der Waals surface area contributed by atoms with E-state index in [2.05, 4.69) is 15.9 Å². The molecule has 0 aromatic heterocycles. The van der Waals surface area contributed by atoms with E-state index in [1.807, 2.05) is 0 Å². The molecule has 1 aromatic carbocycles. The highest BCUT2D eigenvalue weighted by atomic mass is 79.9.